The SMILES string of the molecule is C.CC[C@H]1O[C@@H](n2cc(/C=C/C(=O)NCCCC(=O)CC[C@@H](C)[C@H]3CC[C@H]4[C@@H]5CC[C@@H]6CCCC[C@]6(C)[C@H]5CC[C@]34C)c(=O)[nH]c2=O)CC1OC(=O)CCC(=O)NC. The van der Waals surface area contributed by atoms with E-state index in [1.807, 2.05) is 6.92 Å². The van der Waals surface area contributed by atoms with Gasteiger partial charge in [0.1, 0.15) is 18.1 Å². The number of hydrogen-bond acceptors (Lipinski definition) is 8. The minimum absolute atomic E-state index is 0. The number of Topliss-reactive ketones (excluding diaryl/α,β-unsaturated/α-hetero) is 1. The molecule has 3 N–H and O–H groups in total. The topological polar surface area (TPSA) is 166 Å². The fourth-order valence-electron chi connectivity index (χ4n) is 12.5. The number of nitrogens with zero attached hydrogens (tertiary/aromatic N) is 1. The molecule has 324 valence electrons. The van der Waals surface area contributed by atoms with Crippen molar-refractivity contribution in [2.75, 3.05) is 13.6 Å². The highest BCUT2D eigenvalue weighted by Crippen LogP contribution is 2.68. The maximum absolute atomic E-state index is 13.0. The Hall–Kier alpha value is -3.54. The summed E-state index contributed by atoms with van der Waals surface area (Å²) in [6.45, 7) is 9.84. The Morgan fingerprint density at radius 2 is 1.76 bits per heavy atom. The number of esters is 1. The molecule has 6 rings (SSSR count). The molecule has 12 nitrogen and oxygen atoms in total. The molecule has 12 heteroatoms. The number of carbonyl (C=O) groups excluding carboxylic acids is 4. The third-order valence-electron chi connectivity index (χ3n) is 15.6. The maximum atomic E-state index is 13.0. The third-order valence-corrected chi connectivity index (χ3v) is 15.6. The molecule has 1 aliphatic heterocycles. The van der Waals surface area contributed by atoms with Gasteiger partial charge in [0.05, 0.1) is 18.1 Å². The van der Waals surface area contributed by atoms with Crippen LogP contribution in [0.25, 0.3) is 6.08 Å². The van der Waals surface area contributed by atoms with Gasteiger partial charge in [0.25, 0.3) is 5.56 Å². The van der Waals surface area contributed by atoms with Gasteiger partial charge in [-0.05, 0) is 123 Å². The smallest absolute Gasteiger partial charge is 0.330 e. The zero-order chi connectivity index (χ0) is 40.9. The lowest BCUT2D eigenvalue weighted by molar-refractivity contribution is -0.153. The number of fused-ring (bicyclic) bond motifs is 5. The third kappa shape index (κ3) is 9.90. The zero-order valence-electron chi connectivity index (χ0n) is 35.1. The molecule has 5 fully saturated rings. The van der Waals surface area contributed by atoms with Gasteiger partial charge in [-0.1, -0.05) is 48.0 Å². The molecule has 0 bridgehead atoms. The van der Waals surface area contributed by atoms with E-state index in [9.17, 15) is 28.8 Å². The van der Waals surface area contributed by atoms with Gasteiger partial charge in [-0.15, -0.1) is 0 Å². The molecule has 1 aromatic rings. The van der Waals surface area contributed by atoms with Gasteiger partial charge in [0.2, 0.25) is 11.8 Å². The van der Waals surface area contributed by atoms with E-state index in [1.54, 1.807) is 0 Å². The van der Waals surface area contributed by atoms with E-state index in [2.05, 4.69) is 36.4 Å². The number of ether oxygens (including phenoxy) is 2. The molecule has 58 heavy (non-hydrogen) atoms. The van der Waals surface area contributed by atoms with E-state index in [0.29, 0.717) is 54.9 Å². The molecule has 0 radical (unpaired) electrons. The Morgan fingerprint density at radius 3 is 2.52 bits per heavy atom. The largest absolute Gasteiger partial charge is 0.459 e. The minimum atomic E-state index is -0.805. The Bertz CT molecular complexity index is 1770. The first kappa shape index (κ1) is 45.5. The number of nitrogens with one attached hydrogen (secondary N) is 3. The van der Waals surface area contributed by atoms with Crippen LogP contribution in [-0.2, 0) is 28.7 Å². The number of amides is 2. The average Bonchev–Trinajstić information content (AvgIpc) is 3.77. The normalized spacial score (nSPS) is 33.3. The van der Waals surface area contributed by atoms with Crippen LogP contribution < -0.4 is 21.9 Å². The van der Waals surface area contributed by atoms with Gasteiger partial charge < -0.3 is 20.1 Å². The van der Waals surface area contributed by atoms with Crippen LogP contribution in [-0.4, -0.2) is 58.9 Å². The molecule has 0 aromatic carbocycles. The van der Waals surface area contributed by atoms with Crippen LogP contribution in [0.3, 0.4) is 0 Å². The van der Waals surface area contributed by atoms with E-state index in [0.717, 1.165) is 30.1 Å². The van der Waals surface area contributed by atoms with Crippen molar-refractivity contribution < 1.29 is 28.7 Å². The van der Waals surface area contributed by atoms with Gasteiger partial charge in [-0.3, -0.25) is 33.5 Å². The number of rotatable bonds is 16. The summed E-state index contributed by atoms with van der Waals surface area (Å²) in [4.78, 5) is 77.1. The van der Waals surface area contributed by atoms with E-state index < -0.39 is 41.6 Å². The Morgan fingerprint density at radius 1 is 0.983 bits per heavy atom. The number of H-pyrrole nitrogens is 1. The highest BCUT2D eigenvalue weighted by molar-refractivity contribution is 5.91. The van der Waals surface area contributed by atoms with Crippen LogP contribution in [0.5, 0.6) is 0 Å². The quantitative estimate of drug-likeness (QED) is 0.0893. The second kappa shape index (κ2) is 19.7. The van der Waals surface area contributed by atoms with Crippen molar-refractivity contribution in [2.45, 2.75) is 169 Å². The lowest BCUT2D eigenvalue weighted by Crippen LogP contribution is -2.53. The lowest BCUT2D eigenvalue weighted by atomic mass is 9.44. The van der Waals surface area contributed by atoms with Crippen LogP contribution in [0.1, 0.15) is 162 Å². The van der Waals surface area contributed by atoms with E-state index in [4.69, 9.17) is 9.47 Å². The first-order valence-corrected chi connectivity index (χ1v) is 22.2. The monoisotopic (exact) mass is 809 g/mol. The van der Waals surface area contributed by atoms with Crippen molar-refractivity contribution in [1.29, 1.82) is 0 Å². The van der Waals surface area contributed by atoms with Gasteiger partial charge in [0.15, 0.2) is 0 Å². The van der Waals surface area contributed by atoms with Crippen molar-refractivity contribution in [1.82, 2.24) is 20.2 Å². The summed E-state index contributed by atoms with van der Waals surface area (Å²) < 4.78 is 12.8. The van der Waals surface area contributed by atoms with Crippen LogP contribution in [0.15, 0.2) is 21.9 Å². The molecule has 1 aromatic heterocycles. The fraction of sp³-hybridized carbons (Fsp3) is 0.783. The first-order chi connectivity index (χ1) is 27.3. The molecule has 5 aliphatic rings. The zero-order valence-corrected chi connectivity index (χ0v) is 35.1. The van der Waals surface area contributed by atoms with Crippen molar-refractivity contribution >= 4 is 29.6 Å². The van der Waals surface area contributed by atoms with Crippen LogP contribution >= 0.6 is 0 Å². The average molecular weight is 809 g/mol. The molecule has 2 amide bonds. The maximum Gasteiger partial charge on any atom is 0.330 e. The highest BCUT2D eigenvalue weighted by Gasteiger charge is 2.60. The molecule has 1 saturated heterocycles. The molecule has 0 spiro atoms. The summed E-state index contributed by atoms with van der Waals surface area (Å²) in [6, 6.07) is 0. The number of aromatic nitrogens is 2. The second-order valence-corrected chi connectivity index (χ2v) is 18.6. The molecule has 4 saturated carbocycles. The predicted molar refractivity (Wildman–Crippen MR) is 225 cm³/mol. The van der Waals surface area contributed by atoms with Crippen molar-refractivity contribution in [3.05, 3.63) is 38.7 Å². The minimum Gasteiger partial charge on any atom is -0.459 e. The summed E-state index contributed by atoms with van der Waals surface area (Å²) in [5.74, 6) is 3.84. The number of aromatic amines is 1. The highest BCUT2D eigenvalue weighted by atomic mass is 16.6. The van der Waals surface area contributed by atoms with Gasteiger partial charge in [0, 0.05) is 51.5 Å². The molecule has 1 unspecified atom stereocenters. The summed E-state index contributed by atoms with van der Waals surface area (Å²) >= 11 is 0. The molecule has 2 heterocycles. The molecule has 4 aliphatic carbocycles. The van der Waals surface area contributed by atoms with E-state index >= 15 is 0 Å². The van der Waals surface area contributed by atoms with Crippen molar-refractivity contribution in [2.24, 2.45) is 46.3 Å². The van der Waals surface area contributed by atoms with Gasteiger partial charge >= 0.3 is 11.7 Å². The standard InChI is InChI=1S/C45H68N4O8.CH4/c1-6-36-37(57-41(53)21-20-38(51)46-5)26-40(56-36)49-27-29(42(54)48-43(49)55)13-19-39(52)47-25-9-11-31(50)15-12-28(2)33-17-18-34-32-16-14-30-10-7-8-23-44(30,3)35(32)22-24-45(33,34)4;/h13,19,27-28,30,32-37,40H,6-12,14-18,20-26H2,1-5H3,(H,46,51)(H,47,52)(H,48,54,55);1H4/b19-13+;/t28-,30+,32+,33-,34+,35+,36-,37?,40-,44+,45-;/m1./s1. The summed E-state index contributed by atoms with van der Waals surface area (Å²) in [5, 5.41) is 5.26. The number of carbonyl (C=O) groups is 4. The molecular weight excluding hydrogens is 737 g/mol. The Kier molecular flexibility index (Phi) is 15.5. The lowest BCUT2D eigenvalue weighted by Gasteiger charge is -2.61. The predicted octanol–water partition coefficient (Wildman–Crippen LogP) is 7.25. The van der Waals surface area contributed by atoms with Crippen molar-refractivity contribution in [3.63, 3.8) is 0 Å². The fourth-order valence-corrected chi connectivity index (χ4v) is 12.5. The van der Waals surface area contributed by atoms with Gasteiger partial charge in [-0.25, -0.2) is 4.79 Å². The van der Waals surface area contributed by atoms with Crippen LogP contribution in [0, 0.1) is 46.3 Å². The van der Waals surface area contributed by atoms with E-state index in [-0.39, 0.29) is 43.9 Å². The number of hydrogen-bond donors (Lipinski definition) is 3. The summed E-state index contributed by atoms with van der Waals surface area (Å²) in [6.07, 6.45) is 19.1. The van der Waals surface area contributed by atoms with Crippen LogP contribution in [0.2, 0.25) is 0 Å². The summed E-state index contributed by atoms with van der Waals surface area (Å²) in [7, 11) is 1.49. The molecule has 11 atom stereocenters. The van der Waals surface area contributed by atoms with E-state index in [1.165, 1.54) is 94.2 Å². The van der Waals surface area contributed by atoms with Gasteiger partial charge in [-0.2, -0.15) is 0 Å². The Labute approximate surface area is 345 Å². The first-order valence-electron chi connectivity index (χ1n) is 22.2. The van der Waals surface area contributed by atoms with Crippen LogP contribution in [0.4, 0.5) is 0 Å². The van der Waals surface area contributed by atoms with Crippen molar-refractivity contribution in [3.8, 4) is 0 Å². The Balaban J connectivity index is 0.00000641. The summed E-state index contributed by atoms with van der Waals surface area (Å²) in [5.41, 5.74) is -0.294. The number of ketones is 1. The second-order valence-electron chi connectivity index (χ2n) is 18.6. The molecular formula is C46H72N4O8.